The molecule has 2 rings (SSSR count). The van der Waals surface area contributed by atoms with E-state index in [1.807, 2.05) is 0 Å². The summed E-state index contributed by atoms with van der Waals surface area (Å²) >= 11 is 0. The van der Waals surface area contributed by atoms with Crippen LogP contribution in [0.3, 0.4) is 0 Å². The zero-order chi connectivity index (χ0) is 76.0. The molecule has 20 heteroatoms. The average Bonchev–Trinajstić information content (AvgIpc) is 4.10. The molecule has 2 aliphatic rings. The third-order valence-electron chi connectivity index (χ3n) is 19.6. The van der Waals surface area contributed by atoms with Crippen LogP contribution in [0.25, 0.3) is 0 Å². The van der Waals surface area contributed by atoms with Crippen LogP contribution in [-0.4, -0.2) is 49.9 Å². The molecule has 2 aliphatic heterocycles. The van der Waals surface area contributed by atoms with Gasteiger partial charge in [0.05, 0.1) is 0 Å². The van der Waals surface area contributed by atoms with Crippen molar-refractivity contribution >= 4 is 94.1 Å². The van der Waals surface area contributed by atoms with Crippen molar-refractivity contribution in [2.75, 3.05) is 0 Å². The number of hydrogen-bond acceptors (Lipinski definition) is 6. The molecule has 0 aromatic carbocycles. The zero-order valence-corrected chi connectivity index (χ0v) is 88.4. The maximum absolute atomic E-state index is 13.3. The van der Waals surface area contributed by atoms with E-state index in [0.717, 1.165) is 14.0 Å². The molecule has 0 amide bonds. The summed E-state index contributed by atoms with van der Waals surface area (Å²) in [4.78, 5) is 79.8. The van der Waals surface area contributed by atoms with E-state index in [9.17, 15) is 28.8 Å². The molecule has 0 fully saturated rings. The van der Waals surface area contributed by atoms with Crippen molar-refractivity contribution in [1.29, 1.82) is 0 Å². The molecular formula is C72H166Nb2O6P6Si6+4. The van der Waals surface area contributed by atoms with Crippen LogP contribution in [0.1, 0.15) is 374 Å². The second kappa shape index (κ2) is 34.0. The Morgan fingerprint density at radius 2 is 0.185 bits per heavy atom. The Kier molecular flexibility index (Phi) is 40.7. The second-order valence-electron chi connectivity index (χ2n) is 45.7. The number of hydrogen-bond donors (Lipinski definition) is 0. The van der Waals surface area contributed by atoms with E-state index in [1.54, 1.807) is 0 Å². The van der Waals surface area contributed by atoms with E-state index in [0.29, 0.717) is 0 Å². The van der Waals surface area contributed by atoms with Gasteiger partial charge in [-0.25, -0.2) is 0 Å². The van der Waals surface area contributed by atoms with Gasteiger partial charge in [-0.1, -0.05) is 465 Å². The van der Waals surface area contributed by atoms with E-state index >= 15 is 0 Å². The van der Waals surface area contributed by atoms with Crippen LogP contribution in [0.4, 0.5) is 0 Å². The van der Waals surface area contributed by atoms with Crippen molar-refractivity contribution in [3.05, 3.63) is 0 Å². The van der Waals surface area contributed by atoms with Gasteiger partial charge in [0.1, 0.15) is 0 Å². The van der Waals surface area contributed by atoms with Crippen molar-refractivity contribution in [3.8, 4) is 0 Å². The van der Waals surface area contributed by atoms with Gasteiger partial charge in [0.15, 0.2) is 0 Å². The average molecular weight is 1670 g/mol. The normalized spacial score (nSPS) is 18.2. The zero-order valence-electron chi connectivity index (χ0n) is 72.2. The van der Waals surface area contributed by atoms with Crippen molar-refractivity contribution in [3.63, 3.8) is 0 Å². The molecule has 92 heavy (non-hydrogen) atoms. The van der Waals surface area contributed by atoms with Gasteiger partial charge in [-0.3, -0.25) is 0 Å². The molecule has 0 aliphatic carbocycles. The first-order valence-electron chi connectivity index (χ1n) is 34.3. The molecule has 0 saturated heterocycles. The predicted molar refractivity (Wildman–Crippen MR) is 436 cm³/mol. The summed E-state index contributed by atoms with van der Waals surface area (Å²) in [7, 11) is -9.61. The van der Waals surface area contributed by atoms with Crippen LogP contribution in [0.15, 0.2) is 0 Å². The molecule has 0 bridgehead atoms. The van der Waals surface area contributed by atoms with Crippen LogP contribution in [-0.2, 0) is 44.8 Å². The van der Waals surface area contributed by atoms with Crippen molar-refractivity contribution in [2.45, 2.75) is 465 Å². The summed E-state index contributed by atoms with van der Waals surface area (Å²) in [5.41, 5.74) is 0. The molecular weight excluding hydrogens is 1500 g/mol. The minimum absolute atomic E-state index is 0. The molecule has 0 saturated carbocycles. The van der Waals surface area contributed by atoms with Crippen LogP contribution in [0, 0.1) is 0 Å². The largest absolute Gasteiger partial charge is 3.00 e. The van der Waals surface area contributed by atoms with E-state index in [-0.39, 0.29) is 135 Å². The molecule has 0 aromatic heterocycles. The summed E-state index contributed by atoms with van der Waals surface area (Å²) in [5, 5.41) is -1.69. The van der Waals surface area contributed by atoms with E-state index in [4.69, 9.17) is 0 Å². The molecule has 0 aromatic rings. The Labute approximate surface area is 626 Å². The van der Waals surface area contributed by atoms with Gasteiger partial charge in [0.2, 0.25) is 0 Å². The number of rotatable bonds is 1. The van der Waals surface area contributed by atoms with E-state index in [1.165, 1.54) is 30.2 Å². The fourth-order valence-corrected chi connectivity index (χ4v) is 120. The fraction of sp³-hybridized carbons (Fsp3) is 1.00. The molecule has 4 atom stereocenters. The van der Waals surface area contributed by atoms with Gasteiger partial charge in [-0.2, -0.15) is 0 Å². The summed E-state index contributed by atoms with van der Waals surface area (Å²) in [6.45, 7) is 116. The first-order valence-corrected chi connectivity index (χ1v) is 58.5. The smallest absolute Gasteiger partial charge is 0.857 e. The topological polar surface area (TPSA) is 138 Å². The van der Waals surface area contributed by atoms with E-state index in [2.05, 4.69) is 374 Å². The van der Waals surface area contributed by atoms with Gasteiger partial charge >= 0.3 is 89.0 Å². The molecule has 550 valence electrons. The standard InChI is InChI=1S/6C12H27OSi.2Nb.H4P6/c6*1-10(2,3)14(13,11(4,5)6)12(7,8)9;;;1-2-5(1)6-3-4-6/h6*1-9H3;;;1-4H/q6*-1;2*+3;+4. The summed E-state index contributed by atoms with van der Waals surface area (Å²) in [6.07, 6.45) is 0. The first-order chi connectivity index (χ1) is 37.5. The van der Waals surface area contributed by atoms with Crippen LogP contribution < -0.4 is 28.8 Å². The van der Waals surface area contributed by atoms with Crippen molar-refractivity contribution in [1.82, 2.24) is 0 Å². The molecule has 0 N–H and O–H groups in total. The minimum Gasteiger partial charge on any atom is -0.857 e. The van der Waals surface area contributed by atoms with Gasteiger partial charge in [0.25, 0.3) is 0 Å². The first kappa shape index (κ1) is 110. The summed E-state index contributed by atoms with van der Waals surface area (Å²) in [5.74, 6) is 0. The van der Waals surface area contributed by atoms with Gasteiger partial charge in [-0.15, -0.1) is 0 Å². The Morgan fingerprint density at radius 3 is 0.196 bits per heavy atom. The third kappa shape index (κ3) is 26.6. The SMILES string of the molecule is CC(C)(C)[Si]([O-])(C(C)(C)C)C(C)(C)C.CC(C)(C)[Si]([O-])(C(C)(C)C)C(C)(C)C.CC(C)(C)[Si]([O-])(C(C)(C)C)C(C)(C)C.CC(C)(C)[Si]([O-])(C(C)(C)C)C(C)(C)C.CC(C)(C)[Si]([O-])(C(C)(C)C)C(C)(C)C.CC(C)(C)[Si]([O-])(C(C)(C)C)C(C)(C)C.[Nb+3].[Nb+3].[PH+]1=[PH+]P1P1[PH+]=[PH+]1. The minimum atomic E-state index is -2.60. The van der Waals surface area contributed by atoms with Crippen molar-refractivity contribution in [2.24, 2.45) is 0 Å². The molecule has 6 nitrogen and oxygen atoms in total. The van der Waals surface area contributed by atoms with Crippen LogP contribution in [0.5, 0.6) is 0 Å². The fourth-order valence-electron chi connectivity index (χ4n) is 20.5. The Morgan fingerprint density at radius 1 is 0.141 bits per heavy atom. The Hall–Kier alpha value is 4.60. The van der Waals surface area contributed by atoms with Crippen LogP contribution >= 0.6 is 44.2 Å². The Balaban J connectivity index is -0.000000184. The molecule has 0 radical (unpaired) electrons. The maximum Gasteiger partial charge on any atom is 3.00 e. The second-order valence-corrected chi connectivity index (χ2v) is 109. The van der Waals surface area contributed by atoms with Gasteiger partial charge in [0, 0.05) is 0 Å². The quantitative estimate of drug-likeness (QED) is 0.189. The summed E-state index contributed by atoms with van der Waals surface area (Å²) < 4.78 is 0. The Bertz CT molecular complexity index is 1640. The van der Waals surface area contributed by atoms with Crippen LogP contribution in [0.2, 0.25) is 90.7 Å². The molecule has 0 spiro atoms. The molecule has 2 heterocycles. The van der Waals surface area contributed by atoms with Crippen molar-refractivity contribution < 1.29 is 73.5 Å². The van der Waals surface area contributed by atoms with Gasteiger partial charge in [-0.05, 0) is 49.9 Å². The molecule has 4 unspecified atom stereocenters. The van der Waals surface area contributed by atoms with E-state index < -0.39 is 49.9 Å². The monoisotopic (exact) mass is 1670 g/mol. The third-order valence-corrected chi connectivity index (χ3v) is 95.5. The summed E-state index contributed by atoms with van der Waals surface area (Å²) in [6, 6.07) is 0. The van der Waals surface area contributed by atoms with Gasteiger partial charge < -0.3 is 28.8 Å². The maximum atomic E-state index is 13.3. The predicted octanol–water partition coefficient (Wildman–Crippen LogP) is 26.2.